The first kappa shape index (κ1) is 9.01. The summed E-state index contributed by atoms with van der Waals surface area (Å²) in [5.74, 6) is -3.62. The molecule has 0 aliphatic carbocycles. The number of halogens is 3. The quantitative estimate of drug-likeness (QED) is 0.534. The molecule has 0 aliphatic heterocycles. The molecule has 0 heterocycles. The number of hydrogen-bond acceptors (Lipinski definition) is 0. The zero-order valence-electron chi connectivity index (χ0n) is 5.63. The molecule has 0 amide bonds. The van der Waals surface area contributed by atoms with E-state index in [9.17, 15) is 13.2 Å². The van der Waals surface area contributed by atoms with Gasteiger partial charge in [-0.1, -0.05) is 19.9 Å². The van der Waals surface area contributed by atoms with Crippen LogP contribution in [0.3, 0.4) is 0 Å². The topological polar surface area (TPSA) is 0 Å². The molecule has 0 nitrogen and oxygen atoms in total. The van der Waals surface area contributed by atoms with Gasteiger partial charge in [0.1, 0.15) is 0 Å². The second-order valence-corrected chi connectivity index (χ2v) is 4.43. The molecule has 0 saturated heterocycles. The average Bonchev–Trinajstić information content (AvgIpc) is 1.59. The van der Waals surface area contributed by atoms with Crippen LogP contribution in [0.25, 0.3) is 0 Å². The van der Waals surface area contributed by atoms with Crippen LogP contribution < -0.4 is 0 Å². The van der Waals surface area contributed by atoms with Gasteiger partial charge in [-0.05, 0) is 5.92 Å². The minimum absolute atomic E-state index is 0.207. The Balaban J connectivity index is 3.28. The lowest BCUT2D eigenvalue weighted by molar-refractivity contribution is -0.0475. The summed E-state index contributed by atoms with van der Waals surface area (Å²) in [6.45, 7) is 3.64. The molecular formula is C5H11F3Si. The van der Waals surface area contributed by atoms with Crippen LogP contribution in [-0.4, -0.2) is 15.3 Å². The predicted octanol–water partition coefficient (Wildman–Crippen LogP) is 1.75. The molecule has 0 aromatic carbocycles. The third-order valence-electron chi connectivity index (χ3n) is 1.01. The van der Waals surface area contributed by atoms with Gasteiger partial charge in [0.2, 0.25) is 0 Å². The van der Waals surface area contributed by atoms with Crippen molar-refractivity contribution in [2.75, 3.05) is 0 Å². The summed E-state index contributed by atoms with van der Waals surface area (Å²) < 4.78 is 34.4. The maximum absolute atomic E-state index is 11.5. The van der Waals surface area contributed by atoms with Crippen LogP contribution in [0.5, 0.6) is 0 Å². The molecule has 0 aromatic rings. The Hall–Kier alpha value is 0.00688. The van der Waals surface area contributed by atoms with Gasteiger partial charge in [-0.15, -0.1) is 0 Å². The zero-order valence-corrected chi connectivity index (χ0v) is 7.04. The standard InChI is InChI=1S/C5H11F3Si/c1-4(2)3-9-5(6,7)8/h4H,3,9H2,1-2H3. The minimum atomic E-state index is -3.83. The van der Waals surface area contributed by atoms with Crippen molar-refractivity contribution >= 4 is 9.52 Å². The fourth-order valence-electron chi connectivity index (χ4n) is 0.452. The predicted molar refractivity (Wildman–Crippen MR) is 34.2 cm³/mol. The van der Waals surface area contributed by atoms with E-state index in [1.165, 1.54) is 0 Å². The molecule has 56 valence electrons. The maximum atomic E-state index is 11.5. The third-order valence-corrected chi connectivity index (χ3v) is 3.02. The summed E-state index contributed by atoms with van der Waals surface area (Å²) in [5.41, 5.74) is 0. The van der Waals surface area contributed by atoms with E-state index < -0.39 is 15.3 Å². The lowest BCUT2D eigenvalue weighted by Gasteiger charge is -2.06. The molecule has 0 aliphatic rings. The summed E-state index contributed by atoms with van der Waals surface area (Å²) in [5, 5.41) is 0. The van der Waals surface area contributed by atoms with Crippen molar-refractivity contribution in [3.05, 3.63) is 0 Å². The van der Waals surface area contributed by atoms with E-state index in [1.54, 1.807) is 0 Å². The van der Waals surface area contributed by atoms with E-state index >= 15 is 0 Å². The SMILES string of the molecule is CC(C)C[SiH2]C(F)(F)F. The molecule has 9 heavy (non-hydrogen) atoms. The number of hydrogen-bond donors (Lipinski definition) is 0. The van der Waals surface area contributed by atoms with Crippen LogP contribution in [0.2, 0.25) is 6.04 Å². The van der Waals surface area contributed by atoms with E-state index in [2.05, 4.69) is 0 Å². The number of alkyl halides is 3. The monoisotopic (exact) mass is 156 g/mol. The van der Waals surface area contributed by atoms with Crippen LogP contribution in [0, 0.1) is 5.92 Å². The Morgan fingerprint density at radius 1 is 1.33 bits per heavy atom. The van der Waals surface area contributed by atoms with E-state index in [1.807, 2.05) is 13.8 Å². The van der Waals surface area contributed by atoms with Gasteiger partial charge in [0.05, 0.1) is 0 Å². The molecular weight excluding hydrogens is 145 g/mol. The first-order valence-electron chi connectivity index (χ1n) is 2.98. The first-order valence-corrected chi connectivity index (χ1v) is 4.69. The summed E-state index contributed by atoms with van der Waals surface area (Å²) in [7, 11) is -1.80. The fraction of sp³-hybridized carbons (Fsp3) is 1.00. The highest BCUT2D eigenvalue weighted by atomic mass is 28.2. The van der Waals surface area contributed by atoms with Crippen LogP contribution in [-0.2, 0) is 0 Å². The molecule has 0 bridgehead atoms. The van der Waals surface area contributed by atoms with Gasteiger partial charge in [-0.2, -0.15) is 13.2 Å². The summed E-state index contributed by atoms with van der Waals surface area (Å²) in [6, 6.07) is 0.378. The molecule has 0 atom stereocenters. The van der Waals surface area contributed by atoms with Crippen LogP contribution >= 0.6 is 0 Å². The molecule has 0 radical (unpaired) electrons. The van der Waals surface area contributed by atoms with Crippen molar-refractivity contribution in [2.45, 2.75) is 25.7 Å². The fourth-order valence-corrected chi connectivity index (χ4v) is 1.36. The van der Waals surface area contributed by atoms with Crippen molar-refractivity contribution in [3.8, 4) is 0 Å². The van der Waals surface area contributed by atoms with Crippen LogP contribution in [0.1, 0.15) is 13.8 Å². The molecule has 4 heteroatoms. The molecule has 0 spiro atoms. The van der Waals surface area contributed by atoms with Gasteiger partial charge < -0.3 is 0 Å². The Labute approximate surface area is 55.3 Å². The first-order chi connectivity index (χ1) is 3.92. The van der Waals surface area contributed by atoms with E-state index in [-0.39, 0.29) is 5.92 Å². The largest absolute Gasteiger partial charge is 0.354 e. The molecule has 0 saturated carbocycles. The maximum Gasteiger partial charge on any atom is 0.354 e. The molecule has 0 fully saturated rings. The van der Waals surface area contributed by atoms with Gasteiger partial charge >= 0.3 is 5.80 Å². The second-order valence-electron chi connectivity index (χ2n) is 2.55. The summed E-state index contributed by atoms with van der Waals surface area (Å²) >= 11 is 0. The highest BCUT2D eigenvalue weighted by Gasteiger charge is 2.26. The molecule has 0 unspecified atom stereocenters. The molecule has 0 aromatic heterocycles. The van der Waals surface area contributed by atoms with Gasteiger partial charge in [0.15, 0.2) is 9.52 Å². The highest BCUT2D eigenvalue weighted by molar-refractivity contribution is 6.38. The summed E-state index contributed by atoms with van der Waals surface area (Å²) in [4.78, 5) is 0. The van der Waals surface area contributed by atoms with E-state index in [0.717, 1.165) is 0 Å². The van der Waals surface area contributed by atoms with Crippen molar-refractivity contribution in [2.24, 2.45) is 5.92 Å². The smallest absolute Gasteiger partial charge is 0.178 e. The Morgan fingerprint density at radius 2 is 1.78 bits per heavy atom. The van der Waals surface area contributed by atoms with Gasteiger partial charge in [-0.25, -0.2) is 0 Å². The zero-order chi connectivity index (χ0) is 7.49. The van der Waals surface area contributed by atoms with Gasteiger partial charge in [0, 0.05) is 0 Å². The van der Waals surface area contributed by atoms with Crippen LogP contribution in [0.15, 0.2) is 0 Å². The second kappa shape index (κ2) is 3.24. The highest BCUT2D eigenvalue weighted by Crippen LogP contribution is 2.16. The van der Waals surface area contributed by atoms with E-state index in [0.29, 0.717) is 6.04 Å². The minimum Gasteiger partial charge on any atom is -0.178 e. The van der Waals surface area contributed by atoms with Gasteiger partial charge in [0.25, 0.3) is 0 Å². The lowest BCUT2D eigenvalue weighted by atomic mass is 10.3. The average molecular weight is 156 g/mol. The summed E-state index contributed by atoms with van der Waals surface area (Å²) in [6.07, 6.45) is 0. The third kappa shape index (κ3) is 8.01. The van der Waals surface area contributed by atoms with Gasteiger partial charge in [-0.3, -0.25) is 0 Å². The van der Waals surface area contributed by atoms with Crippen LogP contribution in [0.4, 0.5) is 13.2 Å². The van der Waals surface area contributed by atoms with E-state index in [4.69, 9.17) is 0 Å². The molecule has 0 N–H and O–H groups in total. The van der Waals surface area contributed by atoms with Crippen molar-refractivity contribution < 1.29 is 13.2 Å². The molecule has 0 rings (SSSR count). The van der Waals surface area contributed by atoms with Crippen molar-refractivity contribution in [1.82, 2.24) is 0 Å². The Bertz CT molecular complexity index is 76.8. The Morgan fingerprint density at radius 3 is 1.89 bits per heavy atom. The lowest BCUT2D eigenvalue weighted by Crippen LogP contribution is -2.19. The number of rotatable bonds is 2. The Kier molecular flexibility index (Phi) is 3.25. The normalized spacial score (nSPS) is 14.0. The van der Waals surface area contributed by atoms with Crippen molar-refractivity contribution in [3.63, 3.8) is 0 Å². The van der Waals surface area contributed by atoms with Crippen molar-refractivity contribution in [1.29, 1.82) is 0 Å².